The highest BCUT2D eigenvalue weighted by Gasteiger charge is 2.35. The summed E-state index contributed by atoms with van der Waals surface area (Å²) in [6, 6.07) is 0. The molecule has 0 spiro atoms. The van der Waals surface area contributed by atoms with Gasteiger partial charge >= 0.3 is 0 Å². The molecule has 0 saturated carbocycles. The van der Waals surface area contributed by atoms with Crippen LogP contribution in [0.3, 0.4) is 0 Å². The van der Waals surface area contributed by atoms with Gasteiger partial charge in [0.15, 0.2) is 0 Å². The van der Waals surface area contributed by atoms with Crippen LogP contribution in [0.4, 0.5) is 0 Å². The minimum atomic E-state index is 0.173. The highest BCUT2D eigenvalue weighted by molar-refractivity contribution is 4.85. The molecule has 0 unspecified atom stereocenters. The predicted octanol–water partition coefficient (Wildman–Crippen LogP) is 0.886. The predicted molar refractivity (Wildman–Crippen MR) is 144 cm³/mol. The SMILES string of the molecule is CCNCCN1CN(CCN(C)CNC)CN(CCN2CN(C(C)(C)C)CN(C(C)(C)C)C2)C1. The first-order chi connectivity index (χ1) is 15.9. The summed E-state index contributed by atoms with van der Waals surface area (Å²) in [6.07, 6.45) is 0. The fourth-order valence-corrected chi connectivity index (χ4v) is 4.58. The van der Waals surface area contributed by atoms with Gasteiger partial charge in [0.25, 0.3) is 0 Å². The van der Waals surface area contributed by atoms with E-state index in [4.69, 9.17) is 0 Å². The molecule has 2 heterocycles. The van der Waals surface area contributed by atoms with Gasteiger partial charge in [0.05, 0.1) is 40.0 Å². The fraction of sp³-hybridized carbons (Fsp3) is 1.00. The van der Waals surface area contributed by atoms with E-state index in [1.165, 1.54) is 0 Å². The number of hydrogen-bond donors (Lipinski definition) is 2. The summed E-state index contributed by atoms with van der Waals surface area (Å²) in [4.78, 5) is 18.1. The van der Waals surface area contributed by atoms with Crippen LogP contribution >= 0.6 is 0 Å². The van der Waals surface area contributed by atoms with E-state index in [0.717, 1.165) is 92.5 Å². The molecule has 202 valence electrons. The molecule has 2 rings (SSSR count). The van der Waals surface area contributed by atoms with E-state index in [2.05, 4.69) is 100 Å². The molecular weight excluding hydrogens is 426 g/mol. The van der Waals surface area contributed by atoms with Crippen LogP contribution in [0.5, 0.6) is 0 Å². The summed E-state index contributed by atoms with van der Waals surface area (Å²) < 4.78 is 0. The lowest BCUT2D eigenvalue weighted by Crippen LogP contribution is -2.64. The topological polar surface area (TPSA) is 46.7 Å². The number of hydrogen-bond acceptors (Lipinski definition) is 9. The van der Waals surface area contributed by atoms with E-state index in [9.17, 15) is 0 Å². The van der Waals surface area contributed by atoms with E-state index in [0.29, 0.717) is 0 Å². The van der Waals surface area contributed by atoms with E-state index in [-0.39, 0.29) is 11.1 Å². The first-order valence-corrected chi connectivity index (χ1v) is 13.4. The maximum absolute atomic E-state index is 3.50. The second-order valence-corrected chi connectivity index (χ2v) is 12.3. The molecule has 0 aromatic rings. The Morgan fingerprint density at radius 2 is 1.15 bits per heavy atom. The van der Waals surface area contributed by atoms with E-state index < -0.39 is 0 Å². The largest absolute Gasteiger partial charge is 0.316 e. The van der Waals surface area contributed by atoms with Crippen molar-refractivity contribution in [3.8, 4) is 0 Å². The van der Waals surface area contributed by atoms with E-state index in [1.807, 2.05) is 7.05 Å². The average Bonchev–Trinajstić information content (AvgIpc) is 2.75. The van der Waals surface area contributed by atoms with Crippen molar-refractivity contribution in [2.45, 2.75) is 59.5 Å². The summed E-state index contributed by atoms with van der Waals surface area (Å²) in [5, 5.41) is 6.76. The Hall–Kier alpha value is -0.360. The molecule has 34 heavy (non-hydrogen) atoms. The van der Waals surface area contributed by atoms with Gasteiger partial charge in [-0.3, -0.25) is 34.3 Å². The highest BCUT2D eigenvalue weighted by atomic mass is 15.5. The molecular formula is C25H57N9. The Morgan fingerprint density at radius 1 is 0.676 bits per heavy atom. The lowest BCUT2D eigenvalue weighted by Gasteiger charge is -2.52. The number of likely N-dealkylation sites (N-methyl/N-ethyl adjacent to an activating group) is 2. The second kappa shape index (κ2) is 13.8. The molecule has 0 radical (unpaired) electrons. The summed E-state index contributed by atoms with van der Waals surface area (Å²) in [7, 11) is 4.21. The average molecular weight is 484 g/mol. The zero-order valence-electron chi connectivity index (χ0n) is 24.0. The smallest absolute Gasteiger partial charge is 0.0540 e. The standard InChI is InChI=1S/C25H57N9/c1-10-27-11-12-29-18-30(14-13-28(9)17-26-8)20-31(19-29)15-16-32-21-33(24(2,3)4)23-34(22-32)25(5,6)7/h26-27H,10-23H2,1-9H3. The lowest BCUT2D eigenvalue weighted by molar-refractivity contribution is -0.107. The molecule has 0 aliphatic carbocycles. The zero-order valence-corrected chi connectivity index (χ0v) is 24.0. The van der Waals surface area contributed by atoms with Crippen LogP contribution < -0.4 is 10.6 Å². The molecule has 0 aromatic heterocycles. The van der Waals surface area contributed by atoms with Crippen molar-refractivity contribution in [2.24, 2.45) is 0 Å². The summed E-state index contributed by atoms with van der Waals surface area (Å²) in [6.45, 7) is 31.1. The van der Waals surface area contributed by atoms with Gasteiger partial charge in [0, 0.05) is 57.0 Å². The molecule has 0 bridgehead atoms. The van der Waals surface area contributed by atoms with Crippen LogP contribution in [-0.2, 0) is 0 Å². The Balaban J connectivity index is 1.96. The Labute approximate surface area is 211 Å². The molecule has 9 nitrogen and oxygen atoms in total. The van der Waals surface area contributed by atoms with Crippen molar-refractivity contribution in [1.82, 2.24) is 44.9 Å². The Morgan fingerprint density at radius 3 is 1.62 bits per heavy atom. The molecule has 2 aliphatic heterocycles. The molecule has 0 atom stereocenters. The van der Waals surface area contributed by atoms with E-state index >= 15 is 0 Å². The lowest BCUT2D eigenvalue weighted by atomic mass is 10.0. The molecule has 2 N–H and O–H groups in total. The first-order valence-electron chi connectivity index (χ1n) is 13.4. The molecule has 2 saturated heterocycles. The van der Waals surface area contributed by atoms with Crippen molar-refractivity contribution in [3.63, 3.8) is 0 Å². The fourth-order valence-electron chi connectivity index (χ4n) is 4.58. The molecule has 9 heteroatoms. The number of nitrogens with zero attached hydrogens (tertiary/aromatic N) is 7. The van der Waals surface area contributed by atoms with Crippen molar-refractivity contribution < 1.29 is 0 Å². The zero-order chi connectivity index (χ0) is 25.4. The van der Waals surface area contributed by atoms with Crippen molar-refractivity contribution in [3.05, 3.63) is 0 Å². The minimum Gasteiger partial charge on any atom is -0.316 e. The first kappa shape index (κ1) is 29.9. The maximum Gasteiger partial charge on any atom is 0.0540 e. The van der Waals surface area contributed by atoms with Crippen LogP contribution in [0.2, 0.25) is 0 Å². The summed E-state index contributed by atoms with van der Waals surface area (Å²) in [5.74, 6) is 0. The van der Waals surface area contributed by atoms with Gasteiger partial charge in [0.1, 0.15) is 0 Å². The van der Waals surface area contributed by atoms with Crippen LogP contribution in [0, 0.1) is 0 Å². The number of nitrogens with one attached hydrogen (secondary N) is 2. The van der Waals surface area contributed by atoms with Gasteiger partial charge in [-0.2, -0.15) is 0 Å². The third-order valence-corrected chi connectivity index (χ3v) is 6.99. The third-order valence-electron chi connectivity index (χ3n) is 6.99. The van der Waals surface area contributed by atoms with Crippen molar-refractivity contribution >= 4 is 0 Å². The third kappa shape index (κ3) is 10.3. The summed E-state index contributed by atoms with van der Waals surface area (Å²) >= 11 is 0. The highest BCUT2D eigenvalue weighted by Crippen LogP contribution is 2.24. The van der Waals surface area contributed by atoms with Gasteiger partial charge < -0.3 is 10.6 Å². The van der Waals surface area contributed by atoms with Crippen LogP contribution in [0.1, 0.15) is 48.5 Å². The second-order valence-electron chi connectivity index (χ2n) is 12.3. The normalized spacial score (nSPS) is 21.7. The monoisotopic (exact) mass is 483 g/mol. The van der Waals surface area contributed by atoms with Gasteiger partial charge in [-0.15, -0.1) is 0 Å². The number of rotatable bonds is 12. The van der Waals surface area contributed by atoms with Crippen LogP contribution in [-0.4, -0.2) is 152 Å². The van der Waals surface area contributed by atoms with Crippen molar-refractivity contribution in [2.75, 3.05) is 107 Å². The van der Waals surface area contributed by atoms with Crippen LogP contribution in [0.15, 0.2) is 0 Å². The van der Waals surface area contributed by atoms with Crippen molar-refractivity contribution in [1.29, 1.82) is 0 Å². The van der Waals surface area contributed by atoms with Gasteiger partial charge in [0.2, 0.25) is 0 Å². The molecule has 0 aromatic carbocycles. The van der Waals surface area contributed by atoms with Gasteiger partial charge in [-0.25, -0.2) is 0 Å². The Bertz CT molecular complexity index is 538. The Kier molecular flexibility index (Phi) is 12.1. The van der Waals surface area contributed by atoms with E-state index in [1.54, 1.807) is 0 Å². The maximum atomic E-state index is 3.50. The molecule has 2 aliphatic rings. The molecule has 2 fully saturated rings. The minimum absolute atomic E-state index is 0.173. The molecule has 0 amide bonds. The van der Waals surface area contributed by atoms with Gasteiger partial charge in [-0.05, 0) is 62.2 Å². The van der Waals surface area contributed by atoms with Gasteiger partial charge in [-0.1, -0.05) is 6.92 Å². The quantitative estimate of drug-likeness (QED) is 0.311. The summed E-state index contributed by atoms with van der Waals surface area (Å²) in [5.41, 5.74) is 0.346. The van der Waals surface area contributed by atoms with Crippen LogP contribution in [0.25, 0.3) is 0 Å².